The first kappa shape index (κ1) is 12.4. The van der Waals surface area contributed by atoms with E-state index >= 15 is 0 Å². The highest BCUT2D eigenvalue weighted by Gasteiger charge is 2.58. The van der Waals surface area contributed by atoms with Gasteiger partial charge in [-0.1, -0.05) is 30.3 Å². The third-order valence-corrected chi connectivity index (χ3v) is 2.98. The van der Waals surface area contributed by atoms with Crippen molar-refractivity contribution in [3.05, 3.63) is 35.9 Å². The van der Waals surface area contributed by atoms with Gasteiger partial charge in [0.2, 0.25) is 5.60 Å². The summed E-state index contributed by atoms with van der Waals surface area (Å²) in [5.74, 6) is 0. The average Bonchev–Trinajstić information content (AvgIpc) is 2.30. The molecule has 0 amide bonds. The van der Waals surface area contributed by atoms with Crippen LogP contribution in [0.2, 0.25) is 0 Å². The quantitative estimate of drug-likeness (QED) is 0.820. The van der Waals surface area contributed by atoms with Crippen LogP contribution >= 0.6 is 0 Å². The molecule has 5 heteroatoms. The van der Waals surface area contributed by atoms with Gasteiger partial charge < -0.3 is 10.1 Å². The van der Waals surface area contributed by atoms with Crippen molar-refractivity contribution in [3.63, 3.8) is 0 Å². The third kappa shape index (κ3) is 2.17. The molecular weight excluding hydrogens is 231 g/mol. The standard InChI is InChI=1S/C12H14F3NO/c1-9-7-17-11(8-16-9,12(13,14)15)10-5-3-2-4-6-10/h2-6,9,16H,7-8H2,1H3/t9-,11-/m0/s1. The summed E-state index contributed by atoms with van der Waals surface area (Å²) in [5, 5.41) is 2.83. The molecular formula is C12H14F3NO. The maximum absolute atomic E-state index is 13.2. The Hall–Kier alpha value is -1.07. The second kappa shape index (κ2) is 4.31. The van der Waals surface area contributed by atoms with Gasteiger partial charge in [-0.25, -0.2) is 0 Å². The van der Waals surface area contributed by atoms with Crippen molar-refractivity contribution in [2.45, 2.75) is 24.7 Å². The Morgan fingerprint density at radius 3 is 2.41 bits per heavy atom. The minimum Gasteiger partial charge on any atom is -0.358 e. The molecule has 0 aromatic heterocycles. The fraction of sp³-hybridized carbons (Fsp3) is 0.500. The molecule has 0 bridgehead atoms. The van der Waals surface area contributed by atoms with Gasteiger partial charge in [0.15, 0.2) is 0 Å². The molecule has 0 radical (unpaired) electrons. The highest BCUT2D eigenvalue weighted by molar-refractivity contribution is 5.26. The molecule has 2 rings (SSSR count). The molecule has 1 saturated heterocycles. The summed E-state index contributed by atoms with van der Waals surface area (Å²) in [4.78, 5) is 0. The molecule has 94 valence electrons. The number of morpholine rings is 1. The summed E-state index contributed by atoms with van der Waals surface area (Å²) in [7, 11) is 0. The first-order valence-electron chi connectivity index (χ1n) is 5.45. The van der Waals surface area contributed by atoms with Crippen LogP contribution in [0, 0.1) is 0 Å². The summed E-state index contributed by atoms with van der Waals surface area (Å²) in [6, 6.07) is 7.70. The molecule has 0 spiro atoms. The molecule has 2 nitrogen and oxygen atoms in total. The number of rotatable bonds is 1. The predicted molar refractivity (Wildman–Crippen MR) is 57.6 cm³/mol. The molecule has 17 heavy (non-hydrogen) atoms. The Kier molecular flexibility index (Phi) is 3.14. The van der Waals surface area contributed by atoms with E-state index in [-0.39, 0.29) is 24.8 Å². The van der Waals surface area contributed by atoms with Crippen molar-refractivity contribution < 1.29 is 17.9 Å². The molecule has 1 aromatic carbocycles. The Morgan fingerprint density at radius 1 is 1.29 bits per heavy atom. The topological polar surface area (TPSA) is 21.3 Å². The van der Waals surface area contributed by atoms with Crippen molar-refractivity contribution in [2.75, 3.05) is 13.2 Å². The Morgan fingerprint density at radius 2 is 1.94 bits per heavy atom. The zero-order chi connectivity index (χ0) is 12.5. The van der Waals surface area contributed by atoms with E-state index in [1.54, 1.807) is 25.1 Å². The predicted octanol–water partition coefficient (Wildman–Crippen LogP) is 2.45. The summed E-state index contributed by atoms with van der Waals surface area (Å²) in [6.45, 7) is 1.60. The molecule has 1 N–H and O–H groups in total. The van der Waals surface area contributed by atoms with E-state index in [1.165, 1.54) is 12.1 Å². The second-order valence-electron chi connectivity index (χ2n) is 4.28. The van der Waals surface area contributed by atoms with Gasteiger partial charge in [0, 0.05) is 12.6 Å². The van der Waals surface area contributed by atoms with Crippen molar-refractivity contribution in [1.82, 2.24) is 5.32 Å². The number of alkyl halides is 3. The van der Waals surface area contributed by atoms with E-state index in [0.29, 0.717) is 0 Å². The van der Waals surface area contributed by atoms with Crippen LogP contribution in [-0.2, 0) is 10.3 Å². The van der Waals surface area contributed by atoms with Gasteiger partial charge in [0.05, 0.1) is 6.61 Å². The van der Waals surface area contributed by atoms with E-state index in [9.17, 15) is 13.2 Å². The number of benzene rings is 1. The van der Waals surface area contributed by atoms with Crippen molar-refractivity contribution in [2.24, 2.45) is 0 Å². The fourth-order valence-corrected chi connectivity index (χ4v) is 1.93. The summed E-state index contributed by atoms with van der Waals surface area (Å²) in [6.07, 6.45) is -4.43. The van der Waals surface area contributed by atoms with E-state index < -0.39 is 11.8 Å². The van der Waals surface area contributed by atoms with Crippen LogP contribution in [0.25, 0.3) is 0 Å². The number of hydrogen-bond acceptors (Lipinski definition) is 2. The van der Waals surface area contributed by atoms with Crippen LogP contribution in [0.1, 0.15) is 12.5 Å². The number of halogens is 3. The van der Waals surface area contributed by atoms with Crippen molar-refractivity contribution in [3.8, 4) is 0 Å². The Balaban J connectivity index is 2.39. The minimum absolute atomic E-state index is 0.0500. The van der Waals surface area contributed by atoms with Crippen LogP contribution < -0.4 is 5.32 Å². The van der Waals surface area contributed by atoms with Gasteiger partial charge >= 0.3 is 6.18 Å². The third-order valence-electron chi connectivity index (χ3n) is 2.98. The van der Waals surface area contributed by atoms with Gasteiger partial charge in [0.1, 0.15) is 0 Å². The lowest BCUT2D eigenvalue weighted by Gasteiger charge is -2.41. The molecule has 1 aliphatic rings. The van der Waals surface area contributed by atoms with Crippen LogP contribution in [0.15, 0.2) is 30.3 Å². The highest BCUT2D eigenvalue weighted by atomic mass is 19.4. The molecule has 1 aromatic rings. The van der Waals surface area contributed by atoms with E-state index in [1.807, 2.05) is 0 Å². The van der Waals surface area contributed by atoms with Gasteiger partial charge in [-0.05, 0) is 12.5 Å². The average molecular weight is 245 g/mol. The first-order chi connectivity index (χ1) is 7.96. The van der Waals surface area contributed by atoms with E-state index in [0.717, 1.165) is 0 Å². The zero-order valence-electron chi connectivity index (χ0n) is 9.42. The normalized spacial score (nSPS) is 30.2. The lowest BCUT2D eigenvalue weighted by Crippen LogP contribution is -2.58. The maximum atomic E-state index is 13.2. The highest BCUT2D eigenvalue weighted by Crippen LogP contribution is 2.43. The Bertz CT molecular complexity index is 369. The maximum Gasteiger partial charge on any atom is 0.422 e. The second-order valence-corrected chi connectivity index (χ2v) is 4.28. The van der Waals surface area contributed by atoms with Crippen LogP contribution in [0.4, 0.5) is 13.2 Å². The van der Waals surface area contributed by atoms with E-state index in [4.69, 9.17) is 4.74 Å². The number of ether oxygens (including phenoxy) is 1. The molecule has 1 aliphatic heterocycles. The number of hydrogen-bond donors (Lipinski definition) is 1. The minimum atomic E-state index is -4.43. The zero-order valence-corrected chi connectivity index (χ0v) is 9.42. The van der Waals surface area contributed by atoms with Gasteiger partial charge in [0.25, 0.3) is 0 Å². The molecule has 0 aliphatic carbocycles. The van der Waals surface area contributed by atoms with Crippen LogP contribution in [0.3, 0.4) is 0 Å². The van der Waals surface area contributed by atoms with Gasteiger partial charge in [-0.2, -0.15) is 13.2 Å². The molecule has 1 fully saturated rings. The van der Waals surface area contributed by atoms with Gasteiger partial charge in [-0.3, -0.25) is 0 Å². The van der Waals surface area contributed by atoms with Crippen molar-refractivity contribution >= 4 is 0 Å². The summed E-state index contributed by atoms with van der Waals surface area (Å²) in [5.41, 5.74) is -2.08. The van der Waals surface area contributed by atoms with Gasteiger partial charge in [-0.15, -0.1) is 0 Å². The molecule has 2 atom stereocenters. The number of nitrogens with one attached hydrogen (secondary N) is 1. The largest absolute Gasteiger partial charge is 0.422 e. The SMILES string of the molecule is C[C@H]1CO[C@@](c2ccccc2)(C(F)(F)F)CN1. The summed E-state index contributed by atoms with van der Waals surface area (Å²) < 4.78 is 44.9. The van der Waals surface area contributed by atoms with Crippen LogP contribution in [0.5, 0.6) is 0 Å². The molecule has 1 heterocycles. The van der Waals surface area contributed by atoms with E-state index in [2.05, 4.69) is 5.32 Å². The fourth-order valence-electron chi connectivity index (χ4n) is 1.93. The lowest BCUT2D eigenvalue weighted by atomic mass is 9.91. The van der Waals surface area contributed by atoms with Crippen molar-refractivity contribution in [1.29, 1.82) is 0 Å². The molecule has 0 saturated carbocycles. The van der Waals surface area contributed by atoms with Crippen LogP contribution in [-0.4, -0.2) is 25.4 Å². The molecule has 0 unspecified atom stereocenters. The first-order valence-corrected chi connectivity index (χ1v) is 5.45. The lowest BCUT2D eigenvalue weighted by molar-refractivity contribution is -0.293. The summed E-state index contributed by atoms with van der Waals surface area (Å²) >= 11 is 0. The smallest absolute Gasteiger partial charge is 0.358 e. The monoisotopic (exact) mass is 245 g/mol. The Labute approximate surface area is 97.8 Å².